The van der Waals surface area contributed by atoms with Crippen LogP contribution in [0.2, 0.25) is 0 Å². The number of likely N-dealkylation sites (tertiary alicyclic amines) is 1. The van der Waals surface area contributed by atoms with E-state index in [2.05, 4.69) is 41.5 Å². The smallest absolute Gasteiger partial charge is 0.0733 e. The highest BCUT2D eigenvalue weighted by molar-refractivity contribution is 5.50. The molecule has 1 aromatic carbocycles. The highest BCUT2D eigenvalue weighted by Gasteiger charge is 2.18. The van der Waals surface area contributed by atoms with Crippen molar-refractivity contribution in [3.05, 3.63) is 29.8 Å². The molecule has 0 amide bonds. The van der Waals surface area contributed by atoms with Crippen LogP contribution in [0.4, 0.5) is 5.69 Å². The summed E-state index contributed by atoms with van der Waals surface area (Å²) in [6, 6.07) is 9.06. The van der Waals surface area contributed by atoms with Gasteiger partial charge >= 0.3 is 0 Å². The van der Waals surface area contributed by atoms with Gasteiger partial charge in [0, 0.05) is 30.9 Å². The zero-order chi connectivity index (χ0) is 12.8. The number of anilines is 1. The largest absolute Gasteiger partial charge is 0.383 e. The predicted octanol–water partition coefficient (Wildman–Crippen LogP) is 2.73. The number of rotatable bonds is 5. The van der Waals surface area contributed by atoms with Crippen LogP contribution in [0.25, 0.3) is 0 Å². The Morgan fingerprint density at radius 2 is 2.17 bits per heavy atom. The zero-order valence-corrected chi connectivity index (χ0v) is 11.5. The standard InChI is InChI=1S/C15H24N2O/c1-17-10-6-5-8-14(17)11-16-15-9-4-3-7-13(15)12-18-2/h3-4,7,9,14,16H,5-6,8,10-12H2,1-2H3. The Bertz CT molecular complexity index is 367. The summed E-state index contributed by atoms with van der Waals surface area (Å²) in [7, 11) is 3.97. The van der Waals surface area contributed by atoms with Crippen molar-refractivity contribution in [3.63, 3.8) is 0 Å². The molecule has 18 heavy (non-hydrogen) atoms. The molecule has 0 aliphatic carbocycles. The molecule has 0 bridgehead atoms. The third-order valence-electron chi connectivity index (χ3n) is 3.77. The van der Waals surface area contributed by atoms with E-state index in [4.69, 9.17) is 4.74 Å². The number of para-hydroxylation sites is 1. The number of benzene rings is 1. The van der Waals surface area contributed by atoms with E-state index in [1.165, 1.54) is 37.1 Å². The second-order valence-electron chi connectivity index (χ2n) is 5.10. The molecule has 1 fully saturated rings. The van der Waals surface area contributed by atoms with Gasteiger partial charge in [-0.1, -0.05) is 24.6 Å². The lowest BCUT2D eigenvalue weighted by molar-refractivity contribution is 0.184. The normalized spacial score (nSPS) is 20.9. The second kappa shape index (κ2) is 6.76. The molecule has 1 aliphatic rings. The molecule has 0 saturated carbocycles. The number of nitrogens with one attached hydrogen (secondary N) is 1. The van der Waals surface area contributed by atoms with Gasteiger partial charge in [-0.25, -0.2) is 0 Å². The van der Waals surface area contributed by atoms with Crippen molar-refractivity contribution in [2.75, 3.05) is 32.6 Å². The maximum atomic E-state index is 5.23. The lowest BCUT2D eigenvalue weighted by atomic mass is 10.0. The van der Waals surface area contributed by atoms with Crippen LogP contribution in [0.15, 0.2) is 24.3 Å². The number of hydrogen-bond donors (Lipinski definition) is 1. The maximum absolute atomic E-state index is 5.23. The Morgan fingerprint density at radius 3 is 2.94 bits per heavy atom. The Kier molecular flexibility index (Phi) is 5.02. The number of hydrogen-bond acceptors (Lipinski definition) is 3. The first-order valence-electron chi connectivity index (χ1n) is 6.82. The van der Waals surface area contributed by atoms with Crippen molar-refractivity contribution < 1.29 is 4.74 Å². The number of ether oxygens (including phenoxy) is 1. The molecule has 0 spiro atoms. The first-order valence-corrected chi connectivity index (χ1v) is 6.82. The van der Waals surface area contributed by atoms with Crippen molar-refractivity contribution in [1.29, 1.82) is 0 Å². The topological polar surface area (TPSA) is 24.5 Å². The quantitative estimate of drug-likeness (QED) is 0.867. The van der Waals surface area contributed by atoms with E-state index in [1.54, 1.807) is 7.11 Å². The van der Waals surface area contributed by atoms with Crippen molar-refractivity contribution in [2.45, 2.75) is 31.9 Å². The summed E-state index contributed by atoms with van der Waals surface area (Å²) in [5.74, 6) is 0. The first kappa shape index (κ1) is 13.4. The lowest BCUT2D eigenvalue weighted by Gasteiger charge is -2.33. The highest BCUT2D eigenvalue weighted by Crippen LogP contribution is 2.19. The lowest BCUT2D eigenvalue weighted by Crippen LogP contribution is -2.40. The Hall–Kier alpha value is -1.06. The van der Waals surface area contributed by atoms with E-state index >= 15 is 0 Å². The van der Waals surface area contributed by atoms with Crippen LogP contribution in [0.1, 0.15) is 24.8 Å². The van der Waals surface area contributed by atoms with Gasteiger partial charge < -0.3 is 15.0 Å². The average molecular weight is 248 g/mol. The van der Waals surface area contributed by atoms with Gasteiger partial charge in [0.25, 0.3) is 0 Å². The zero-order valence-electron chi connectivity index (χ0n) is 11.5. The monoisotopic (exact) mass is 248 g/mol. The Morgan fingerprint density at radius 1 is 1.33 bits per heavy atom. The molecule has 0 aromatic heterocycles. The molecule has 3 heteroatoms. The van der Waals surface area contributed by atoms with Gasteiger partial charge in [0.15, 0.2) is 0 Å². The molecule has 2 rings (SSSR count). The summed E-state index contributed by atoms with van der Waals surface area (Å²) < 4.78 is 5.23. The van der Waals surface area contributed by atoms with Gasteiger partial charge in [0.05, 0.1) is 6.61 Å². The van der Waals surface area contributed by atoms with Gasteiger partial charge in [-0.05, 0) is 32.5 Å². The van der Waals surface area contributed by atoms with Crippen LogP contribution in [0.3, 0.4) is 0 Å². The molecule has 3 nitrogen and oxygen atoms in total. The molecule has 1 N–H and O–H groups in total. The van der Waals surface area contributed by atoms with Crippen LogP contribution in [0, 0.1) is 0 Å². The van der Waals surface area contributed by atoms with E-state index in [1.807, 2.05) is 0 Å². The summed E-state index contributed by atoms with van der Waals surface area (Å²) in [6.07, 6.45) is 4.00. The van der Waals surface area contributed by atoms with Crippen molar-refractivity contribution in [3.8, 4) is 0 Å². The molecule has 0 radical (unpaired) electrons. The molecular formula is C15H24N2O. The summed E-state index contributed by atoms with van der Waals surface area (Å²) >= 11 is 0. The molecular weight excluding hydrogens is 224 g/mol. The van der Waals surface area contributed by atoms with E-state index < -0.39 is 0 Å². The Labute approximate surface area is 110 Å². The van der Waals surface area contributed by atoms with E-state index in [0.29, 0.717) is 12.6 Å². The molecule has 1 heterocycles. The molecule has 1 atom stereocenters. The van der Waals surface area contributed by atoms with Gasteiger partial charge in [-0.2, -0.15) is 0 Å². The fourth-order valence-electron chi connectivity index (χ4n) is 2.60. The van der Waals surface area contributed by atoms with Gasteiger partial charge in [-0.3, -0.25) is 0 Å². The molecule has 1 aliphatic heterocycles. The fraction of sp³-hybridized carbons (Fsp3) is 0.600. The van der Waals surface area contributed by atoms with Gasteiger partial charge in [0.2, 0.25) is 0 Å². The van der Waals surface area contributed by atoms with Crippen LogP contribution in [0.5, 0.6) is 0 Å². The van der Waals surface area contributed by atoms with Crippen LogP contribution >= 0.6 is 0 Å². The number of piperidine rings is 1. The number of nitrogens with zero attached hydrogens (tertiary/aromatic N) is 1. The average Bonchev–Trinajstić information content (AvgIpc) is 2.40. The minimum Gasteiger partial charge on any atom is -0.383 e. The molecule has 1 aromatic rings. The van der Waals surface area contributed by atoms with Crippen molar-refractivity contribution >= 4 is 5.69 Å². The van der Waals surface area contributed by atoms with Crippen LogP contribution in [-0.2, 0) is 11.3 Å². The van der Waals surface area contributed by atoms with E-state index in [-0.39, 0.29) is 0 Å². The summed E-state index contributed by atoms with van der Waals surface area (Å²) in [5, 5.41) is 3.58. The third-order valence-corrected chi connectivity index (χ3v) is 3.77. The van der Waals surface area contributed by atoms with E-state index in [9.17, 15) is 0 Å². The fourth-order valence-corrected chi connectivity index (χ4v) is 2.60. The maximum Gasteiger partial charge on any atom is 0.0733 e. The van der Waals surface area contributed by atoms with Crippen LogP contribution in [-0.4, -0.2) is 38.2 Å². The molecule has 1 unspecified atom stereocenters. The van der Waals surface area contributed by atoms with Crippen LogP contribution < -0.4 is 5.32 Å². The SMILES string of the molecule is COCc1ccccc1NCC1CCCCN1C. The number of likely N-dealkylation sites (N-methyl/N-ethyl adjacent to an activating group) is 1. The van der Waals surface area contributed by atoms with Crippen molar-refractivity contribution in [1.82, 2.24) is 4.90 Å². The van der Waals surface area contributed by atoms with Gasteiger partial charge in [0.1, 0.15) is 0 Å². The summed E-state index contributed by atoms with van der Waals surface area (Å²) in [5.41, 5.74) is 2.44. The van der Waals surface area contributed by atoms with E-state index in [0.717, 1.165) is 6.54 Å². The Balaban J connectivity index is 1.92. The molecule has 100 valence electrons. The second-order valence-corrected chi connectivity index (χ2v) is 5.10. The first-order chi connectivity index (χ1) is 8.81. The predicted molar refractivity (Wildman–Crippen MR) is 75.9 cm³/mol. The summed E-state index contributed by atoms with van der Waals surface area (Å²) in [6.45, 7) is 2.92. The minimum absolute atomic E-state index is 0.661. The van der Waals surface area contributed by atoms with Crippen molar-refractivity contribution in [2.24, 2.45) is 0 Å². The third kappa shape index (κ3) is 3.47. The van der Waals surface area contributed by atoms with Gasteiger partial charge in [-0.15, -0.1) is 0 Å². The minimum atomic E-state index is 0.661. The highest BCUT2D eigenvalue weighted by atomic mass is 16.5. The summed E-state index contributed by atoms with van der Waals surface area (Å²) in [4.78, 5) is 2.47. The molecule has 1 saturated heterocycles. The number of methoxy groups -OCH3 is 1.